The van der Waals surface area contributed by atoms with E-state index in [9.17, 15) is 4.79 Å². The average Bonchev–Trinajstić information content (AvgIpc) is 2.63. The van der Waals surface area contributed by atoms with Crippen molar-refractivity contribution in [2.45, 2.75) is 19.8 Å². The summed E-state index contributed by atoms with van der Waals surface area (Å²) in [5.41, 5.74) is 2.03. The third kappa shape index (κ3) is 4.01. The molecule has 1 aliphatic rings. The predicted octanol–water partition coefficient (Wildman–Crippen LogP) is 2.54. The molecule has 0 spiro atoms. The number of hydrogen-bond donors (Lipinski definition) is 1. The lowest BCUT2D eigenvalue weighted by atomic mass is 10.2. The van der Waals surface area contributed by atoms with Crippen LogP contribution in [-0.2, 0) is 4.79 Å². The Hall–Kier alpha value is -2.63. The van der Waals surface area contributed by atoms with Crippen LogP contribution in [0.3, 0.4) is 0 Å². The maximum absolute atomic E-state index is 11.6. The average molecular weight is 325 g/mol. The fraction of sp³-hybridized carbons (Fsp3) is 0.389. The van der Waals surface area contributed by atoms with Gasteiger partial charge in [-0.1, -0.05) is 6.92 Å². The molecule has 1 aromatic heterocycles. The van der Waals surface area contributed by atoms with E-state index >= 15 is 0 Å². The van der Waals surface area contributed by atoms with Crippen molar-refractivity contribution in [2.24, 2.45) is 0 Å². The number of hydrogen-bond acceptors (Lipinski definition) is 5. The van der Waals surface area contributed by atoms with E-state index in [1.807, 2.05) is 25.1 Å². The Morgan fingerprint density at radius 1 is 1.04 bits per heavy atom. The summed E-state index contributed by atoms with van der Waals surface area (Å²) in [5, 5.41) is 2.92. The number of nitrogens with one attached hydrogen (secondary N) is 1. The molecule has 24 heavy (non-hydrogen) atoms. The molecule has 6 heteroatoms. The number of anilines is 3. The molecule has 1 aromatic carbocycles. The number of rotatable bonds is 5. The second-order valence-corrected chi connectivity index (χ2v) is 5.87. The highest BCUT2D eigenvalue weighted by atomic mass is 16.1. The van der Waals surface area contributed by atoms with E-state index in [0.29, 0.717) is 6.42 Å². The van der Waals surface area contributed by atoms with Gasteiger partial charge in [-0.3, -0.25) is 4.79 Å². The molecule has 3 rings (SSSR count). The molecule has 1 amide bonds. The zero-order valence-corrected chi connectivity index (χ0v) is 14.0. The molecule has 126 valence electrons. The Morgan fingerprint density at radius 2 is 1.67 bits per heavy atom. The largest absolute Gasteiger partial charge is 0.368 e. The van der Waals surface area contributed by atoms with Crippen LogP contribution in [-0.4, -0.2) is 42.1 Å². The van der Waals surface area contributed by atoms with Crippen molar-refractivity contribution in [2.75, 3.05) is 41.3 Å². The molecule has 0 bridgehead atoms. The Bertz CT molecular complexity index is 651. The second-order valence-electron chi connectivity index (χ2n) is 5.87. The van der Waals surface area contributed by atoms with Gasteiger partial charge in [0.15, 0.2) is 0 Å². The Labute approximate surface area is 142 Å². The lowest BCUT2D eigenvalue weighted by Gasteiger charge is -2.36. The zero-order chi connectivity index (χ0) is 16.8. The summed E-state index contributed by atoms with van der Waals surface area (Å²) in [6.07, 6.45) is 4.98. The van der Waals surface area contributed by atoms with Crippen molar-refractivity contribution in [1.29, 1.82) is 0 Å². The summed E-state index contributed by atoms with van der Waals surface area (Å²) in [5.74, 6) is 0.868. The number of carbonyl (C=O) groups excluding carboxylic acids is 1. The van der Waals surface area contributed by atoms with Gasteiger partial charge in [-0.25, -0.2) is 9.97 Å². The quantitative estimate of drug-likeness (QED) is 0.915. The number of aromatic nitrogens is 2. The van der Waals surface area contributed by atoms with Crippen molar-refractivity contribution in [1.82, 2.24) is 9.97 Å². The molecule has 1 saturated heterocycles. The summed E-state index contributed by atoms with van der Waals surface area (Å²) in [6, 6.07) is 9.90. The van der Waals surface area contributed by atoms with Crippen molar-refractivity contribution in [3.05, 3.63) is 42.7 Å². The number of benzene rings is 1. The van der Waals surface area contributed by atoms with Crippen molar-refractivity contribution < 1.29 is 4.79 Å². The molecule has 0 radical (unpaired) electrons. The molecule has 1 aliphatic heterocycles. The third-order valence-corrected chi connectivity index (χ3v) is 4.11. The number of carbonyl (C=O) groups is 1. The Balaban J connectivity index is 1.55. The third-order valence-electron chi connectivity index (χ3n) is 4.11. The van der Waals surface area contributed by atoms with E-state index in [1.165, 1.54) is 5.69 Å². The van der Waals surface area contributed by atoms with E-state index in [1.54, 1.807) is 12.4 Å². The minimum Gasteiger partial charge on any atom is -0.368 e. The normalized spacial score (nSPS) is 14.5. The summed E-state index contributed by atoms with van der Waals surface area (Å²) in [4.78, 5) is 24.8. The highest BCUT2D eigenvalue weighted by Gasteiger charge is 2.18. The molecule has 6 nitrogen and oxygen atoms in total. The minimum absolute atomic E-state index is 0.0710. The lowest BCUT2D eigenvalue weighted by molar-refractivity contribution is -0.116. The van der Waals surface area contributed by atoms with Gasteiger partial charge in [0, 0.05) is 56.4 Å². The van der Waals surface area contributed by atoms with E-state index < -0.39 is 0 Å². The van der Waals surface area contributed by atoms with E-state index in [-0.39, 0.29) is 5.91 Å². The SMILES string of the molecule is CCCC(=O)Nc1ccc(N2CCN(c3ncccn3)CC2)cc1. The zero-order valence-electron chi connectivity index (χ0n) is 14.0. The van der Waals surface area contributed by atoms with Gasteiger partial charge in [0.2, 0.25) is 11.9 Å². The Kier molecular flexibility index (Phi) is 5.25. The molecule has 1 fully saturated rings. The summed E-state index contributed by atoms with van der Waals surface area (Å²) < 4.78 is 0. The van der Waals surface area contributed by atoms with Gasteiger partial charge in [0.05, 0.1) is 0 Å². The number of amides is 1. The smallest absolute Gasteiger partial charge is 0.225 e. The predicted molar refractivity (Wildman–Crippen MR) is 96.4 cm³/mol. The molecule has 0 aliphatic carbocycles. The van der Waals surface area contributed by atoms with Crippen LogP contribution in [0, 0.1) is 0 Å². The first kappa shape index (κ1) is 16.2. The van der Waals surface area contributed by atoms with Gasteiger partial charge < -0.3 is 15.1 Å². The molecule has 1 N–H and O–H groups in total. The van der Waals surface area contributed by atoms with Gasteiger partial charge >= 0.3 is 0 Å². The maximum atomic E-state index is 11.6. The summed E-state index contributed by atoms with van der Waals surface area (Å²) >= 11 is 0. The van der Waals surface area contributed by atoms with E-state index in [0.717, 1.165) is 44.2 Å². The topological polar surface area (TPSA) is 61.4 Å². The fourth-order valence-corrected chi connectivity index (χ4v) is 2.83. The molecule has 2 aromatic rings. The standard InChI is InChI=1S/C18H23N5O/c1-2-4-17(24)21-15-5-7-16(8-6-15)22-11-13-23(14-12-22)18-19-9-3-10-20-18/h3,5-10H,2,4,11-14H2,1H3,(H,21,24). The maximum Gasteiger partial charge on any atom is 0.225 e. The van der Waals surface area contributed by atoms with E-state index in [2.05, 4.69) is 37.2 Å². The van der Waals surface area contributed by atoms with Crippen molar-refractivity contribution in [3.63, 3.8) is 0 Å². The molecule has 0 unspecified atom stereocenters. The van der Waals surface area contributed by atoms with Crippen LogP contribution in [0.1, 0.15) is 19.8 Å². The first-order valence-corrected chi connectivity index (χ1v) is 8.43. The number of piperazine rings is 1. The van der Waals surface area contributed by atoms with Gasteiger partial charge in [0.25, 0.3) is 0 Å². The highest BCUT2D eigenvalue weighted by Crippen LogP contribution is 2.20. The van der Waals surface area contributed by atoms with Crippen LogP contribution in [0.15, 0.2) is 42.7 Å². The molecule has 0 saturated carbocycles. The molecular weight excluding hydrogens is 302 g/mol. The molecule has 0 atom stereocenters. The van der Waals surface area contributed by atoms with Crippen LogP contribution in [0.2, 0.25) is 0 Å². The van der Waals surface area contributed by atoms with Crippen LogP contribution in [0.4, 0.5) is 17.3 Å². The fourth-order valence-electron chi connectivity index (χ4n) is 2.83. The van der Waals surface area contributed by atoms with Gasteiger partial charge in [-0.05, 0) is 36.8 Å². The first-order valence-electron chi connectivity index (χ1n) is 8.43. The highest BCUT2D eigenvalue weighted by molar-refractivity contribution is 5.90. The van der Waals surface area contributed by atoms with Gasteiger partial charge in [0.1, 0.15) is 0 Å². The minimum atomic E-state index is 0.0710. The molecular formula is C18H23N5O. The van der Waals surface area contributed by atoms with Crippen LogP contribution >= 0.6 is 0 Å². The van der Waals surface area contributed by atoms with E-state index in [4.69, 9.17) is 0 Å². The van der Waals surface area contributed by atoms with Crippen LogP contribution < -0.4 is 15.1 Å². The van der Waals surface area contributed by atoms with Gasteiger partial charge in [-0.2, -0.15) is 0 Å². The van der Waals surface area contributed by atoms with Gasteiger partial charge in [-0.15, -0.1) is 0 Å². The van der Waals surface area contributed by atoms with Crippen molar-refractivity contribution >= 4 is 23.2 Å². The summed E-state index contributed by atoms with van der Waals surface area (Å²) in [6.45, 7) is 5.67. The first-order chi connectivity index (χ1) is 11.8. The molecule has 2 heterocycles. The Morgan fingerprint density at radius 3 is 2.29 bits per heavy atom. The van der Waals surface area contributed by atoms with Crippen molar-refractivity contribution in [3.8, 4) is 0 Å². The van der Waals surface area contributed by atoms with Crippen LogP contribution in [0.25, 0.3) is 0 Å². The second kappa shape index (κ2) is 7.77. The number of nitrogens with zero attached hydrogens (tertiary/aromatic N) is 4. The lowest BCUT2D eigenvalue weighted by Crippen LogP contribution is -2.47. The van der Waals surface area contributed by atoms with Crippen LogP contribution in [0.5, 0.6) is 0 Å². The summed E-state index contributed by atoms with van der Waals surface area (Å²) in [7, 11) is 0. The monoisotopic (exact) mass is 325 g/mol.